The number of hydrogen-bond acceptors (Lipinski definition) is 4. The fourth-order valence-corrected chi connectivity index (χ4v) is 1.01. The molecular formula is C2H5LiO3S2. The fourth-order valence-electron chi connectivity index (χ4n) is 0.112. The van der Waals surface area contributed by atoms with Crippen LogP contribution in [-0.4, -0.2) is 24.5 Å². The molecule has 8 heavy (non-hydrogen) atoms. The van der Waals surface area contributed by atoms with E-state index in [1.165, 1.54) is 0 Å². The summed E-state index contributed by atoms with van der Waals surface area (Å²) in [7, 11) is -4.00. The average Bonchev–Trinajstić information content (AvgIpc) is 1.30. The topological polar surface area (TPSA) is 57.2 Å². The molecule has 0 unspecified atom stereocenters. The first-order valence-corrected chi connectivity index (χ1v) is 3.81. The van der Waals surface area contributed by atoms with Crippen molar-refractivity contribution in [1.29, 1.82) is 0 Å². The van der Waals surface area contributed by atoms with E-state index in [-0.39, 0.29) is 30.4 Å². The Morgan fingerprint density at radius 2 is 1.88 bits per heavy atom. The summed E-state index contributed by atoms with van der Waals surface area (Å²) in [6, 6.07) is 0. The molecule has 0 saturated heterocycles. The third-order valence-corrected chi connectivity index (χ3v) is 1.57. The largest absolute Gasteiger partial charge is 1.00 e. The van der Waals surface area contributed by atoms with Gasteiger partial charge >= 0.3 is 18.9 Å². The molecule has 0 N–H and O–H groups in total. The van der Waals surface area contributed by atoms with Gasteiger partial charge in [-0.05, 0) is 0 Å². The van der Waals surface area contributed by atoms with Crippen molar-refractivity contribution in [2.45, 2.75) is 0 Å². The molecule has 0 rings (SSSR count). The van der Waals surface area contributed by atoms with Gasteiger partial charge in [-0.1, -0.05) is 0 Å². The van der Waals surface area contributed by atoms with Crippen LogP contribution < -0.4 is 18.9 Å². The first-order valence-electron chi connectivity index (χ1n) is 1.60. The van der Waals surface area contributed by atoms with E-state index in [0.29, 0.717) is 0 Å². The zero-order chi connectivity index (χ0) is 5.91. The Labute approximate surface area is 66.2 Å². The smallest absolute Gasteiger partial charge is 0.748 e. The predicted molar refractivity (Wildman–Crippen MR) is 28.4 cm³/mol. The molecule has 0 heterocycles. The van der Waals surface area contributed by atoms with Crippen LogP contribution in [0.1, 0.15) is 0 Å². The maximum absolute atomic E-state index is 9.63. The monoisotopic (exact) mass is 148 g/mol. The van der Waals surface area contributed by atoms with E-state index in [1.54, 1.807) is 0 Å². The first-order chi connectivity index (χ1) is 3.06. The number of rotatable bonds is 2. The van der Waals surface area contributed by atoms with Crippen molar-refractivity contribution in [3.05, 3.63) is 0 Å². The van der Waals surface area contributed by atoms with Crippen LogP contribution >= 0.6 is 12.6 Å². The van der Waals surface area contributed by atoms with E-state index in [9.17, 15) is 13.0 Å². The van der Waals surface area contributed by atoms with Gasteiger partial charge in [-0.15, -0.1) is 0 Å². The van der Waals surface area contributed by atoms with Crippen molar-refractivity contribution >= 4 is 22.7 Å². The molecule has 0 atom stereocenters. The van der Waals surface area contributed by atoms with Gasteiger partial charge in [-0.3, -0.25) is 0 Å². The van der Waals surface area contributed by atoms with E-state index in [0.717, 1.165) is 0 Å². The zero-order valence-electron chi connectivity index (χ0n) is 4.49. The van der Waals surface area contributed by atoms with Gasteiger partial charge in [0.2, 0.25) is 0 Å². The molecule has 0 spiro atoms. The normalized spacial score (nSPS) is 10.2. The Bertz CT molecular complexity index is 128. The van der Waals surface area contributed by atoms with Gasteiger partial charge in [-0.2, -0.15) is 12.6 Å². The molecule has 0 aliphatic rings. The standard InChI is InChI=1S/C2H6O3S2.Li/c3-7(4,5)2-1-6;/h6H,1-2H2,(H,3,4,5);/q;+1/p-1. The third-order valence-electron chi connectivity index (χ3n) is 0.341. The van der Waals surface area contributed by atoms with Crippen molar-refractivity contribution in [3.63, 3.8) is 0 Å². The summed E-state index contributed by atoms with van der Waals surface area (Å²) in [6.45, 7) is 0. The molecule has 0 saturated carbocycles. The summed E-state index contributed by atoms with van der Waals surface area (Å²) in [5.74, 6) is -0.276. The molecule has 0 aromatic carbocycles. The Morgan fingerprint density at radius 1 is 1.50 bits per heavy atom. The van der Waals surface area contributed by atoms with Crippen LogP contribution in [0.25, 0.3) is 0 Å². The Hall–Kier alpha value is 0.857. The second-order valence-electron chi connectivity index (χ2n) is 0.985. The first kappa shape index (κ1) is 11.6. The van der Waals surface area contributed by atoms with Gasteiger partial charge in [0.1, 0.15) is 0 Å². The molecule has 0 radical (unpaired) electrons. The minimum Gasteiger partial charge on any atom is -0.748 e. The minimum absolute atomic E-state index is 0. The quantitative estimate of drug-likeness (QED) is 0.251. The van der Waals surface area contributed by atoms with Crippen molar-refractivity contribution in [2.75, 3.05) is 11.5 Å². The molecule has 44 valence electrons. The third kappa shape index (κ3) is 9.97. The van der Waals surface area contributed by atoms with Crippen molar-refractivity contribution in [1.82, 2.24) is 0 Å². The van der Waals surface area contributed by atoms with Crippen molar-refractivity contribution in [2.24, 2.45) is 0 Å². The van der Waals surface area contributed by atoms with Crippen molar-refractivity contribution in [3.8, 4) is 0 Å². The van der Waals surface area contributed by atoms with Gasteiger partial charge in [0.25, 0.3) is 0 Å². The van der Waals surface area contributed by atoms with Crippen LogP contribution in [0.3, 0.4) is 0 Å². The second kappa shape index (κ2) is 4.71. The van der Waals surface area contributed by atoms with Gasteiger partial charge in [0.15, 0.2) is 0 Å². The van der Waals surface area contributed by atoms with Crippen LogP contribution in [0.4, 0.5) is 0 Å². The van der Waals surface area contributed by atoms with Crippen molar-refractivity contribution < 1.29 is 31.8 Å². The summed E-state index contributed by atoms with van der Waals surface area (Å²) >= 11 is 3.53. The average molecular weight is 148 g/mol. The predicted octanol–water partition coefficient (Wildman–Crippen LogP) is -3.53. The summed E-state index contributed by atoms with van der Waals surface area (Å²) in [5.41, 5.74) is 0. The molecule has 0 aliphatic carbocycles. The number of thiol groups is 1. The summed E-state index contributed by atoms with van der Waals surface area (Å²) in [5, 5.41) is 0. The van der Waals surface area contributed by atoms with E-state index in [4.69, 9.17) is 0 Å². The van der Waals surface area contributed by atoms with Crippen LogP contribution in [0.5, 0.6) is 0 Å². The van der Waals surface area contributed by atoms with Crippen LogP contribution in [0, 0.1) is 0 Å². The molecule has 0 aliphatic heterocycles. The second-order valence-corrected chi connectivity index (χ2v) is 2.96. The summed E-state index contributed by atoms with van der Waals surface area (Å²) in [4.78, 5) is 0. The van der Waals surface area contributed by atoms with Gasteiger partial charge in [0.05, 0.1) is 10.1 Å². The van der Waals surface area contributed by atoms with E-state index in [1.807, 2.05) is 0 Å². The Balaban J connectivity index is 0. The van der Waals surface area contributed by atoms with Crippen LogP contribution in [0.15, 0.2) is 0 Å². The summed E-state index contributed by atoms with van der Waals surface area (Å²) < 4.78 is 28.9. The molecular weight excluding hydrogens is 143 g/mol. The van der Waals surface area contributed by atoms with E-state index in [2.05, 4.69) is 12.6 Å². The molecule has 6 heteroatoms. The molecule has 0 amide bonds. The SMILES string of the molecule is O=S(=O)([O-])CCS.[Li+]. The summed E-state index contributed by atoms with van der Waals surface area (Å²) in [6.07, 6.45) is 0. The van der Waals surface area contributed by atoms with Gasteiger partial charge in [-0.25, -0.2) is 8.42 Å². The van der Waals surface area contributed by atoms with E-state index < -0.39 is 10.1 Å². The van der Waals surface area contributed by atoms with Gasteiger partial charge in [0, 0.05) is 11.5 Å². The minimum atomic E-state index is -4.00. The molecule has 3 nitrogen and oxygen atoms in total. The van der Waals surface area contributed by atoms with Gasteiger partial charge < -0.3 is 4.55 Å². The Kier molecular flexibility index (Phi) is 6.85. The fraction of sp³-hybridized carbons (Fsp3) is 1.00. The number of hydrogen-bond donors (Lipinski definition) is 1. The maximum atomic E-state index is 9.63. The van der Waals surface area contributed by atoms with E-state index >= 15 is 0 Å². The molecule has 0 aromatic rings. The maximum Gasteiger partial charge on any atom is 1.00 e. The molecule has 0 aromatic heterocycles. The Morgan fingerprint density at radius 3 is 1.88 bits per heavy atom. The zero-order valence-corrected chi connectivity index (χ0v) is 6.21. The molecule has 0 fully saturated rings. The van der Waals surface area contributed by atoms with Crippen LogP contribution in [-0.2, 0) is 10.1 Å². The van der Waals surface area contributed by atoms with Crippen LogP contribution in [0.2, 0.25) is 0 Å². The molecule has 0 bridgehead atoms.